The van der Waals surface area contributed by atoms with Crippen LogP contribution in [0.2, 0.25) is 0 Å². The van der Waals surface area contributed by atoms with Crippen LogP contribution < -0.4 is 5.32 Å². The molecule has 1 aliphatic carbocycles. The van der Waals surface area contributed by atoms with Gasteiger partial charge in [0, 0.05) is 58.7 Å². The lowest BCUT2D eigenvalue weighted by Gasteiger charge is -2.37. The van der Waals surface area contributed by atoms with Gasteiger partial charge < -0.3 is 24.2 Å². The van der Waals surface area contributed by atoms with Gasteiger partial charge in [0.05, 0.1) is 18.1 Å². The Morgan fingerprint density at radius 3 is 2.16 bits per heavy atom. The predicted octanol–water partition coefficient (Wildman–Crippen LogP) is 10.4. The first-order valence-electron chi connectivity index (χ1n) is 22.6. The summed E-state index contributed by atoms with van der Waals surface area (Å²) in [6.45, 7) is 7.31. The number of benzene rings is 2. The van der Waals surface area contributed by atoms with Crippen molar-refractivity contribution in [3.63, 3.8) is 0 Å². The highest BCUT2D eigenvalue weighted by Gasteiger charge is 2.59. The largest absolute Gasteiger partial charge is 0.404 e. The quantitative estimate of drug-likeness (QED) is 0.0968. The van der Waals surface area contributed by atoms with E-state index in [1.54, 1.807) is 4.90 Å². The molecule has 1 unspecified atom stereocenters. The zero-order valence-corrected chi connectivity index (χ0v) is 40.4. The van der Waals surface area contributed by atoms with Crippen LogP contribution in [0.15, 0.2) is 54.6 Å². The van der Waals surface area contributed by atoms with Gasteiger partial charge in [0.2, 0.25) is 11.8 Å². The zero-order valence-electron chi connectivity index (χ0n) is 37.1. The summed E-state index contributed by atoms with van der Waals surface area (Å²) in [4.78, 5) is 71.4. The molecule has 7 rings (SSSR count). The molecule has 64 heavy (non-hydrogen) atoms. The molecule has 1 saturated carbocycles. The summed E-state index contributed by atoms with van der Waals surface area (Å²) in [6, 6.07) is 13.9. The average molecular weight is 960 g/mol. The average Bonchev–Trinajstić information content (AvgIpc) is 3.53. The molecule has 348 valence electrons. The molecule has 11 nitrogen and oxygen atoms in total. The van der Waals surface area contributed by atoms with Crippen LogP contribution in [0.25, 0.3) is 10.1 Å². The van der Waals surface area contributed by atoms with Gasteiger partial charge in [0.1, 0.15) is 12.1 Å². The third-order valence-corrected chi connectivity index (χ3v) is 17.5. The summed E-state index contributed by atoms with van der Waals surface area (Å²) in [5.74, 6) is -0.326. The normalized spacial score (nSPS) is 22.3. The molecule has 4 fully saturated rings. The van der Waals surface area contributed by atoms with Crippen molar-refractivity contribution >= 4 is 80.5 Å². The first-order chi connectivity index (χ1) is 30.5. The van der Waals surface area contributed by atoms with E-state index in [9.17, 15) is 28.5 Å². The molecule has 1 N–H and O–H groups in total. The maximum absolute atomic E-state index is 16.5. The highest BCUT2D eigenvalue weighted by atomic mass is 32.2. The van der Waals surface area contributed by atoms with E-state index in [0.29, 0.717) is 42.3 Å². The van der Waals surface area contributed by atoms with Gasteiger partial charge in [0.15, 0.2) is 10.2 Å². The van der Waals surface area contributed by atoms with E-state index in [4.69, 9.17) is 9.05 Å². The van der Waals surface area contributed by atoms with Gasteiger partial charge in [0.25, 0.3) is 5.91 Å². The Balaban J connectivity index is 1.04. The number of fused-ring (bicyclic) bond motifs is 2. The molecule has 3 aliphatic heterocycles. The van der Waals surface area contributed by atoms with Gasteiger partial charge in [-0.2, -0.15) is 8.78 Å². The molecular formula is C47H60F2N3O8PS3. The smallest absolute Gasteiger partial charge is 0.340 e. The van der Waals surface area contributed by atoms with E-state index >= 15 is 8.78 Å². The summed E-state index contributed by atoms with van der Waals surface area (Å²) >= 11 is 2.91. The summed E-state index contributed by atoms with van der Waals surface area (Å²) < 4.78 is 58.2. The molecule has 0 radical (unpaired) electrons. The number of carbonyl (C=O) groups excluding carboxylic acids is 5. The van der Waals surface area contributed by atoms with Crippen LogP contribution in [0.3, 0.4) is 0 Å². The Morgan fingerprint density at radius 2 is 1.53 bits per heavy atom. The number of likely N-dealkylation sites (tertiary alicyclic amines) is 1. The van der Waals surface area contributed by atoms with Crippen LogP contribution in [-0.2, 0) is 38.5 Å². The van der Waals surface area contributed by atoms with E-state index in [2.05, 4.69) is 22.3 Å². The standard InChI is InChI=1S/C47H60F2N3O8PS3/c1-30(2)24-41(53)62-22-20-59-61(58,60-21-23-63-42(54)25-31(3)4)47(48,49)35-14-17-39-33(26-35)27-40(64-39)43(55)50-37-13-9-8-12-36-15-16-38(52(36)44(37)56)45(57)51-29-34(28-46(51)18-19-46)32-10-6-5-7-11-32/h5-7,10-11,14,17,26-27,30-31,34,36-38H,8-9,12-13,15-16,18-25,28-29H2,1-4H3,(H,50,55)/t34?,36-,37-,38-/m0/s1. The molecule has 3 amide bonds. The minimum absolute atomic E-state index is 0.00106. The van der Waals surface area contributed by atoms with Crippen LogP contribution in [0.1, 0.15) is 125 Å². The third kappa shape index (κ3) is 11.2. The van der Waals surface area contributed by atoms with E-state index in [1.165, 1.54) is 17.7 Å². The van der Waals surface area contributed by atoms with Crippen molar-refractivity contribution < 1.29 is 46.4 Å². The van der Waals surface area contributed by atoms with Crippen molar-refractivity contribution in [1.29, 1.82) is 0 Å². The second kappa shape index (κ2) is 20.8. The van der Waals surface area contributed by atoms with Gasteiger partial charge in [-0.15, -0.1) is 11.3 Å². The summed E-state index contributed by atoms with van der Waals surface area (Å²) in [7, 11) is -5.23. The monoisotopic (exact) mass is 959 g/mol. The first kappa shape index (κ1) is 48.8. The molecule has 3 aromatic rings. The summed E-state index contributed by atoms with van der Waals surface area (Å²) in [6.07, 6.45) is 7.53. The van der Waals surface area contributed by atoms with Gasteiger partial charge in [-0.1, -0.05) is 100 Å². The second-order valence-corrected chi connectivity index (χ2v) is 24.0. The lowest BCUT2D eigenvalue weighted by molar-refractivity contribution is -0.148. The number of nitrogens with one attached hydrogen (secondary N) is 1. The Labute approximate surface area is 387 Å². The van der Waals surface area contributed by atoms with Gasteiger partial charge in [-0.25, -0.2) is 0 Å². The molecule has 1 aromatic heterocycles. The molecule has 3 saturated heterocycles. The minimum Gasteiger partial charge on any atom is -0.340 e. The van der Waals surface area contributed by atoms with Crippen molar-refractivity contribution in [3.8, 4) is 0 Å². The summed E-state index contributed by atoms with van der Waals surface area (Å²) in [5, 5.41) is 2.97. The molecule has 4 heterocycles. The zero-order chi connectivity index (χ0) is 45.8. The highest BCUT2D eigenvalue weighted by molar-refractivity contribution is 8.13. The van der Waals surface area contributed by atoms with E-state index < -0.39 is 50.0 Å². The van der Waals surface area contributed by atoms with Crippen molar-refractivity contribution in [3.05, 3.63) is 70.6 Å². The van der Waals surface area contributed by atoms with Crippen LogP contribution in [0, 0.1) is 11.8 Å². The number of rotatable bonds is 18. The molecule has 2 aromatic carbocycles. The topological polar surface area (TPSA) is 139 Å². The van der Waals surface area contributed by atoms with Crippen molar-refractivity contribution in [2.24, 2.45) is 11.8 Å². The lowest BCUT2D eigenvalue weighted by atomic mass is 9.96. The van der Waals surface area contributed by atoms with Gasteiger partial charge in [-0.3, -0.25) is 28.5 Å². The number of halogens is 2. The SMILES string of the molecule is CC(C)CC(=O)SCCOP(=O)(OCCSC(=O)CC(C)C)C(F)(F)c1ccc2sc(C(=O)N[C@H]3CCCC[C@H]4CC[C@@H](C(=O)N5CC(c6ccccc6)CC56CC6)N4C3=O)cc2c1. The van der Waals surface area contributed by atoms with Crippen molar-refractivity contribution in [2.75, 3.05) is 31.3 Å². The van der Waals surface area contributed by atoms with Crippen LogP contribution in [-0.4, -0.2) is 92.7 Å². The van der Waals surface area contributed by atoms with Crippen LogP contribution in [0.5, 0.6) is 0 Å². The van der Waals surface area contributed by atoms with Gasteiger partial charge >= 0.3 is 13.3 Å². The maximum Gasteiger partial charge on any atom is 0.404 e. The number of thioether (sulfide) groups is 2. The van der Waals surface area contributed by atoms with E-state index in [-0.39, 0.29) is 67.8 Å². The first-order valence-corrected chi connectivity index (χ1v) is 26.9. The van der Waals surface area contributed by atoms with Gasteiger partial charge in [-0.05, 0) is 85.9 Å². The Hall–Kier alpha value is -3.14. The number of carbonyl (C=O) groups is 5. The number of alkyl halides is 2. The number of hydrogen-bond acceptors (Lipinski definition) is 11. The molecule has 1 spiro atoms. The number of amides is 3. The minimum atomic E-state index is -5.23. The van der Waals surface area contributed by atoms with Crippen molar-refractivity contribution in [1.82, 2.24) is 15.1 Å². The predicted molar refractivity (Wildman–Crippen MR) is 250 cm³/mol. The van der Waals surface area contributed by atoms with Crippen LogP contribution >= 0.6 is 42.5 Å². The fourth-order valence-corrected chi connectivity index (χ4v) is 13.8. The Morgan fingerprint density at radius 1 is 0.891 bits per heavy atom. The van der Waals surface area contributed by atoms with Crippen molar-refractivity contribution in [2.45, 2.75) is 134 Å². The fraction of sp³-hybridized carbons (Fsp3) is 0.596. The third-order valence-electron chi connectivity index (χ3n) is 12.7. The van der Waals surface area contributed by atoms with E-state index in [0.717, 1.165) is 91.9 Å². The molecule has 0 bridgehead atoms. The maximum atomic E-state index is 16.5. The highest BCUT2D eigenvalue weighted by Crippen LogP contribution is 2.67. The Bertz CT molecular complexity index is 2200. The lowest BCUT2D eigenvalue weighted by Crippen LogP contribution is -2.57. The number of thiophene rings is 1. The van der Waals surface area contributed by atoms with E-state index in [1.807, 2.05) is 45.9 Å². The molecule has 4 aliphatic rings. The van der Waals surface area contributed by atoms with Crippen LogP contribution in [0.4, 0.5) is 8.78 Å². The molecule has 17 heteroatoms. The second-order valence-electron chi connectivity index (χ2n) is 18.5. The molecule has 4 atom stereocenters. The fourth-order valence-electron chi connectivity index (χ4n) is 9.37. The Kier molecular flexibility index (Phi) is 15.9. The summed E-state index contributed by atoms with van der Waals surface area (Å²) in [5.41, 5.74) is -3.71. The molecular weight excluding hydrogens is 900 g/mol. The number of hydrogen-bond donors (Lipinski definition) is 1. The number of nitrogens with zero attached hydrogens (tertiary/aromatic N) is 2.